The topological polar surface area (TPSA) is 78.5 Å². The molecule has 1 heterocycles. The third kappa shape index (κ3) is 5.17. The molecule has 7 heteroatoms. The van der Waals surface area contributed by atoms with E-state index < -0.39 is 10.0 Å². The fraction of sp³-hybridized carbons (Fsp3) is 0.696. The highest BCUT2D eigenvalue weighted by molar-refractivity contribution is 7.89. The van der Waals surface area contributed by atoms with Gasteiger partial charge in [-0.05, 0) is 55.9 Å². The minimum atomic E-state index is -3.54. The summed E-state index contributed by atoms with van der Waals surface area (Å²) in [6.07, 6.45) is 14.1. The van der Waals surface area contributed by atoms with Crippen LogP contribution in [0.1, 0.15) is 82.6 Å². The Morgan fingerprint density at radius 3 is 2.17 bits per heavy atom. The molecule has 2 amide bonds. The fourth-order valence-electron chi connectivity index (χ4n) is 5.12. The summed E-state index contributed by atoms with van der Waals surface area (Å²) in [5, 5.41) is 3.17. The van der Waals surface area contributed by atoms with Gasteiger partial charge in [0.05, 0.1) is 4.90 Å². The molecule has 0 unspecified atom stereocenters. The van der Waals surface area contributed by atoms with Gasteiger partial charge in [0.15, 0.2) is 0 Å². The summed E-state index contributed by atoms with van der Waals surface area (Å²) >= 11 is 0. The van der Waals surface area contributed by atoms with Gasteiger partial charge in [0.1, 0.15) is 0 Å². The average molecular weight is 434 g/mol. The number of nitrogens with one attached hydrogen (secondary N) is 2. The second kappa shape index (κ2) is 9.69. The monoisotopic (exact) mass is 433 g/mol. The number of nitrogens with zero attached hydrogens (tertiary/aromatic N) is 1. The highest BCUT2D eigenvalue weighted by Crippen LogP contribution is 2.31. The van der Waals surface area contributed by atoms with Crippen LogP contribution in [-0.4, -0.2) is 33.1 Å². The first-order valence-electron chi connectivity index (χ1n) is 11.8. The number of rotatable bonds is 4. The van der Waals surface area contributed by atoms with E-state index in [1.807, 2.05) is 0 Å². The Balaban J connectivity index is 1.42. The molecular weight excluding hydrogens is 398 g/mol. The molecule has 0 bridgehead atoms. The van der Waals surface area contributed by atoms with Crippen LogP contribution >= 0.6 is 0 Å². The lowest BCUT2D eigenvalue weighted by atomic mass is 9.96. The van der Waals surface area contributed by atoms with E-state index in [1.54, 1.807) is 23.1 Å². The summed E-state index contributed by atoms with van der Waals surface area (Å²) in [7, 11) is -3.54. The van der Waals surface area contributed by atoms with Crippen LogP contribution < -0.4 is 14.9 Å². The quantitative estimate of drug-likeness (QED) is 0.735. The number of benzene rings is 1. The van der Waals surface area contributed by atoms with Gasteiger partial charge < -0.3 is 5.32 Å². The summed E-state index contributed by atoms with van der Waals surface area (Å²) in [5.41, 5.74) is 1.78. The molecule has 0 aromatic heterocycles. The lowest BCUT2D eigenvalue weighted by Crippen LogP contribution is -2.45. The normalized spacial score (nSPS) is 21.7. The van der Waals surface area contributed by atoms with Gasteiger partial charge in [0.2, 0.25) is 10.0 Å². The van der Waals surface area contributed by atoms with Crippen LogP contribution in [0.5, 0.6) is 0 Å². The molecule has 3 aliphatic rings. The van der Waals surface area contributed by atoms with Gasteiger partial charge in [-0.1, -0.05) is 51.4 Å². The van der Waals surface area contributed by atoms with Crippen molar-refractivity contribution >= 4 is 21.7 Å². The predicted octanol–water partition coefficient (Wildman–Crippen LogP) is 4.48. The third-order valence-electron chi connectivity index (χ3n) is 6.86. The Morgan fingerprint density at radius 2 is 1.47 bits per heavy atom. The Morgan fingerprint density at radius 1 is 0.867 bits per heavy atom. The number of carbonyl (C=O) groups excluding carboxylic acids is 1. The maximum absolute atomic E-state index is 13.0. The van der Waals surface area contributed by atoms with Gasteiger partial charge in [0, 0.05) is 24.3 Å². The number of hydrogen-bond acceptors (Lipinski definition) is 3. The Bertz CT molecular complexity index is 841. The molecular formula is C23H35N3O3S. The average Bonchev–Trinajstić information content (AvgIpc) is 3.14. The van der Waals surface area contributed by atoms with E-state index in [0.29, 0.717) is 17.9 Å². The van der Waals surface area contributed by atoms with Crippen molar-refractivity contribution < 1.29 is 13.2 Å². The first-order valence-corrected chi connectivity index (χ1v) is 13.2. The van der Waals surface area contributed by atoms with Gasteiger partial charge in [-0.25, -0.2) is 17.9 Å². The molecule has 6 nitrogen and oxygen atoms in total. The summed E-state index contributed by atoms with van der Waals surface area (Å²) in [5.74, 6) is 0. The number of urea groups is 1. The summed E-state index contributed by atoms with van der Waals surface area (Å²) in [4.78, 5) is 14.8. The van der Waals surface area contributed by atoms with E-state index in [4.69, 9.17) is 0 Å². The van der Waals surface area contributed by atoms with E-state index in [9.17, 15) is 13.2 Å². The SMILES string of the molecule is O=C(NC1CCCCC1)N1CCc2cc(S(=O)(=O)NC3CCCCCCC3)ccc21. The minimum Gasteiger partial charge on any atom is -0.335 e. The number of carbonyl (C=O) groups is 1. The van der Waals surface area contributed by atoms with Crippen LogP contribution in [0.4, 0.5) is 10.5 Å². The van der Waals surface area contributed by atoms with Crippen molar-refractivity contribution in [3.63, 3.8) is 0 Å². The zero-order valence-electron chi connectivity index (χ0n) is 17.9. The van der Waals surface area contributed by atoms with E-state index >= 15 is 0 Å². The summed E-state index contributed by atoms with van der Waals surface area (Å²) in [6, 6.07) is 5.45. The largest absolute Gasteiger partial charge is 0.335 e. The third-order valence-corrected chi connectivity index (χ3v) is 8.38. The van der Waals surface area contributed by atoms with Crippen molar-refractivity contribution in [3.05, 3.63) is 23.8 Å². The van der Waals surface area contributed by atoms with Gasteiger partial charge in [-0.3, -0.25) is 4.90 Å². The Hall–Kier alpha value is -1.60. The van der Waals surface area contributed by atoms with Gasteiger partial charge in [0.25, 0.3) is 0 Å². The predicted molar refractivity (Wildman–Crippen MR) is 119 cm³/mol. The zero-order chi connectivity index (χ0) is 21.0. The van der Waals surface area contributed by atoms with Crippen molar-refractivity contribution in [2.24, 2.45) is 0 Å². The molecule has 0 saturated heterocycles. The molecule has 2 saturated carbocycles. The first-order chi connectivity index (χ1) is 14.5. The number of fused-ring (bicyclic) bond motifs is 1. The van der Waals surface area contributed by atoms with Crippen molar-refractivity contribution in [1.29, 1.82) is 0 Å². The molecule has 0 atom stereocenters. The highest BCUT2D eigenvalue weighted by Gasteiger charge is 2.29. The molecule has 0 spiro atoms. The minimum absolute atomic E-state index is 0.0290. The van der Waals surface area contributed by atoms with Crippen LogP contribution in [0.15, 0.2) is 23.1 Å². The van der Waals surface area contributed by atoms with Gasteiger partial charge >= 0.3 is 6.03 Å². The number of sulfonamides is 1. The van der Waals surface area contributed by atoms with Gasteiger partial charge in [-0.2, -0.15) is 0 Å². The Kier molecular flexibility index (Phi) is 6.98. The maximum atomic E-state index is 13.0. The number of anilines is 1. The highest BCUT2D eigenvalue weighted by atomic mass is 32.2. The van der Waals surface area contributed by atoms with Crippen molar-refractivity contribution in [2.45, 2.75) is 100 Å². The van der Waals surface area contributed by atoms with E-state index in [-0.39, 0.29) is 18.1 Å². The number of hydrogen-bond donors (Lipinski definition) is 2. The van der Waals surface area contributed by atoms with E-state index in [2.05, 4.69) is 10.0 Å². The molecule has 2 aliphatic carbocycles. The molecule has 30 heavy (non-hydrogen) atoms. The smallest absolute Gasteiger partial charge is 0.322 e. The summed E-state index contributed by atoms with van der Waals surface area (Å²) in [6.45, 7) is 0.605. The van der Waals surface area contributed by atoms with Crippen LogP contribution in [0.3, 0.4) is 0 Å². The molecule has 1 aromatic rings. The van der Waals surface area contributed by atoms with E-state index in [1.165, 1.54) is 38.5 Å². The molecule has 1 aliphatic heterocycles. The maximum Gasteiger partial charge on any atom is 0.322 e. The lowest BCUT2D eigenvalue weighted by molar-refractivity contribution is 0.238. The molecule has 1 aromatic carbocycles. The van der Waals surface area contributed by atoms with Crippen LogP contribution in [0, 0.1) is 0 Å². The number of amides is 2. The van der Waals surface area contributed by atoms with E-state index in [0.717, 1.165) is 49.8 Å². The second-order valence-corrected chi connectivity index (χ2v) is 10.9. The molecule has 2 fully saturated rings. The van der Waals surface area contributed by atoms with Crippen molar-refractivity contribution in [3.8, 4) is 0 Å². The molecule has 166 valence electrons. The standard InChI is InChI=1S/C23H35N3O3S/c27-23(24-19-9-7-4-8-10-19)26-16-15-18-17-21(13-14-22(18)26)30(28,29)25-20-11-5-2-1-3-6-12-20/h13-14,17,19-20,25H,1-12,15-16H2,(H,24,27). The van der Waals surface area contributed by atoms with Crippen LogP contribution in [-0.2, 0) is 16.4 Å². The first kappa shape index (κ1) is 21.6. The van der Waals surface area contributed by atoms with Gasteiger partial charge in [-0.15, -0.1) is 0 Å². The van der Waals surface area contributed by atoms with Crippen LogP contribution in [0.25, 0.3) is 0 Å². The molecule has 4 rings (SSSR count). The zero-order valence-corrected chi connectivity index (χ0v) is 18.7. The second-order valence-electron chi connectivity index (χ2n) is 9.14. The van der Waals surface area contributed by atoms with Crippen LogP contribution in [0.2, 0.25) is 0 Å². The van der Waals surface area contributed by atoms with Crippen molar-refractivity contribution in [1.82, 2.24) is 10.0 Å². The fourth-order valence-corrected chi connectivity index (χ4v) is 6.47. The van der Waals surface area contributed by atoms with Crippen molar-refractivity contribution in [2.75, 3.05) is 11.4 Å². The molecule has 0 radical (unpaired) electrons. The summed E-state index contributed by atoms with van der Waals surface area (Å²) < 4.78 is 28.9. The lowest BCUT2D eigenvalue weighted by Gasteiger charge is -2.26. The Labute approximate surface area is 180 Å². The molecule has 2 N–H and O–H groups in total.